The molecule has 0 aromatic rings. The van der Waals surface area contributed by atoms with Crippen molar-refractivity contribution in [2.24, 2.45) is 0 Å². The maximum Gasteiger partial charge on any atom is 0.330 e. The van der Waals surface area contributed by atoms with Gasteiger partial charge in [-0.3, -0.25) is 0 Å². The molecule has 0 aromatic heterocycles. The Balaban J connectivity index is 3.80. The van der Waals surface area contributed by atoms with E-state index in [4.69, 9.17) is 9.16 Å². The SMILES string of the molecule is CCOC(=O)/C=C/C=C/CCCO[Si](C)(C)C(C)(C)C. The van der Waals surface area contributed by atoms with Crippen LogP contribution in [0.15, 0.2) is 24.3 Å². The summed E-state index contributed by atoms with van der Waals surface area (Å²) in [5.74, 6) is -0.293. The Morgan fingerprint density at radius 1 is 1.20 bits per heavy atom. The highest BCUT2D eigenvalue weighted by Crippen LogP contribution is 2.36. The molecular weight excluding hydrogens is 268 g/mol. The average molecular weight is 298 g/mol. The van der Waals surface area contributed by atoms with Gasteiger partial charge in [-0.1, -0.05) is 39.0 Å². The van der Waals surface area contributed by atoms with Crippen LogP contribution in [0.1, 0.15) is 40.5 Å². The van der Waals surface area contributed by atoms with Crippen molar-refractivity contribution in [2.45, 2.75) is 58.7 Å². The Morgan fingerprint density at radius 2 is 1.85 bits per heavy atom. The Bertz CT molecular complexity index is 338. The second-order valence-electron chi connectivity index (χ2n) is 6.29. The first-order valence-corrected chi connectivity index (χ1v) is 10.3. The summed E-state index contributed by atoms with van der Waals surface area (Å²) in [7, 11) is -1.60. The zero-order valence-electron chi connectivity index (χ0n) is 13.9. The Hall–Kier alpha value is -0.873. The van der Waals surface area contributed by atoms with Crippen LogP contribution >= 0.6 is 0 Å². The Kier molecular flexibility index (Phi) is 8.74. The summed E-state index contributed by atoms with van der Waals surface area (Å²) in [6.45, 7) is 14.3. The minimum absolute atomic E-state index is 0.269. The largest absolute Gasteiger partial charge is 0.463 e. The van der Waals surface area contributed by atoms with E-state index in [1.807, 2.05) is 12.2 Å². The fourth-order valence-corrected chi connectivity index (χ4v) is 2.33. The van der Waals surface area contributed by atoms with E-state index in [0.717, 1.165) is 19.4 Å². The lowest BCUT2D eigenvalue weighted by Gasteiger charge is -2.36. The highest BCUT2D eigenvalue weighted by Gasteiger charge is 2.36. The van der Waals surface area contributed by atoms with Gasteiger partial charge in [0.05, 0.1) is 6.61 Å². The van der Waals surface area contributed by atoms with Crippen LogP contribution in [0, 0.1) is 0 Å². The molecule has 4 heteroatoms. The van der Waals surface area contributed by atoms with Crippen molar-refractivity contribution in [1.82, 2.24) is 0 Å². The second-order valence-corrected chi connectivity index (χ2v) is 11.1. The van der Waals surface area contributed by atoms with Gasteiger partial charge >= 0.3 is 5.97 Å². The minimum Gasteiger partial charge on any atom is -0.463 e. The summed E-state index contributed by atoms with van der Waals surface area (Å²) in [6.07, 6.45) is 9.05. The van der Waals surface area contributed by atoms with Crippen LogP contribution in [0.4, 0.5) is 0 Å². The van der Waals surface area contributed by atoms with E-state index >= 15 is 0 Å². The summed E-state index contributed by atoms with van der Waals surface area (Å²) in [6, 6.07) is 0. The molecule has 0 spiro atoms. The molecule has 0 atom stereocenters. The molecule has 20 heavy (non-hydrogen) atoms. The van der Waals surface area contributed by atoms with Gasteiger partial charge in [0.25, 0.3) is 0 Å². The van der Waals surface area contributed by atoms with Gasteiger partial charge in [-0.2, -0.15) is 0 Å². The number of carbonyl (C=O) groups is 1. The maximum atomic E-state index is 11.0. The van der Waals surface area contributed by atoms with Gasteiger partial charge in [0.15, 0.2) is 8.32 Å². The van der Waals surface area contributed by atoms with E-state index in [1.165, 1.54) is 6.08 Å². The molecule has 0 aliphatic carbocycles. The zero-order valence-corrected chi connectivity index (χ0v) is 14.9. The van der Waals surface area contributed by atoms with E-state index in [-0.39, 0.29) is 11.0 Å². The fraction of sp³-hybridized carbons (Fsp3) is 0.688. The first kappa shape index (κ1) is 19.1. The van der Waals surface area contributed by atoms with Crippen LogP contribution in [0.3, 0.4) is 0 Å². The number of rotatable bonds is 8. The molecule has 0 bridgehead atoms. The highest BCUT2D eigenvalue weighted by molar-refractivity contribution is 6.74. The molecule has 0 heterocycles. The molecular formula is C16H30O3Si. The van der Waals surface area contributed by atoms with Gasteiger partial charge in [0, 0.05) is 12.7 Å². The molecule has 0 amide bonds. The molecule has 0 N–H and O–H groups in total. The first-order chi connectivity index (χ1) is 9.20. The molecule has 0 unspecified atom stereocenters. The van der Waals surface area contributed by atoms with E-state index in [1.54, 1.807) is 13.0 Å². The Labute approximate surface area is 125 Å². The molecule has 0 fully saturated rings. The smallest absolute Gasteiger partial charge is 0.330 e. The lowest BCUT2D eigenvalue weighted by Crippen LogP contribution is -2.40. The summed E-state index contributed by atoms with van der Waals surface area (Å²) >= 11 is 0. The van der Waals surface area contributed by atoms with Crippen molar-refractivity contribution in [1.29, 1.82) is 0 Å². The van der Waals surface area contributed by atoms with Crippen LogP contribution in [-0.2, 0) is 14.0 Å². The molecule has 0 rings (SSSR count). The molecule has 0 aliphatic heterocycles. The number of esters is 1. The van der Waals surface area contributed by atoms with Crippen LogP contribution in [0.25, 0.3) is 0 Å². The molecule has 0 aromatic carbocycles. The van der Waals surface area contributed by atoms with Crippen molar-refractivity contribution >= 4 is 14.3 Å². The number of carbonyl (C=O) groups excluding carboxylic acids is 1. The number of ether oxygens (including phenoxy) is 1. The van der Waals surface area contributed by atoms with Gasteiger partial charge in [-0.25, -0.2) is 4.79 Å². The van der Waals surface area contributed by atoms with Gasteiger partial charge in [-0.15, -0.1) is 0 Å². The van der Waals surface area contributed by atoms with Crippen molar-refractivity contribution in [3.8, 4) is 0 Å². The molecule has 116 valence electrons. The summed E-state index contributed by atoms with van der Waals surface area (Å²) < 4.78 is 10.9. The van der Waals surface area contributed by atoms with Crippen LogP contribution < -0.4 is 0 Å². The predicted octanol–water partition coefficient (Wildman–Crippen LogP) is 4.46. The fourth-order valence-electron chi connectivity index (χ4n) is 1.24. The summed E-state index contributed by atoms with van der Waals surface area (Å²) in [4.78, 5) is 11.0. The van der Waals surface area contributed by atoms with Gasteiger partial charge < -0.3 is 9.16 Å². The average Bonchev–Trinajstić information content (AvgIpc) is 2.31. The zero-order chi connectivity index (χ0) is 15.6. The van der Waals surface area contributed by atoms with Crippen LogP contribution in [0.5, 0.6) is 0 Å². The predicted molar refractivity (Wildman–Crippen MR) is 87.3 cm³/mol. The van der Waals surface area contributed by atoms with Crippen LogP contribution in [0.2, 0.25) is 18.1 Å². The van der Waals surface area contributed by atoms with Crippen LogP contribution in [-0.4, -0.2) is 27.5 Å². The third-order valence-corrected chi connectivity index (χ3v) is 8.09. The molecule has 0 radical (unpaired) electrons. The normalized spacial score (nSPS) is 13.3. The lowest BCUT2D eigenvalue weighted by molar-refractivity contribution is -0.137. The molecule has 0 aliphatic rings. The lowest BCUT2D eigenvalue weighted by atomic mass is 10.2. The van der Waals surface area contributed by atoms with E-state index in [9.17, 15) is 4.79 Å². The quantitative estimate of drug-likeness (QED) is 0.218. The maximum absolute atomic E-state index is 11.0. The standard InChI is InChI=1S/C16H30O3Si/c1-7-18-15(17)13-11-9-8-10-12-14-19-20(5,6)16(2,3)4/h8-9,11,13H,7,10,12,14H2,1-6H3/b9-8+,13-11+. The molecule has 0 saturated heterocycles. The number of hydrogen-bond donors (Lipinski definition) is 0. The number of allylic oxidation sites excluding steroid dienone is 3. The summed E-state index contributed by atoms with van der Waals surface area (Å²) in [5, 5.41) is 0.269. The van der Waals surface area contributed by atoms with Crippen molar-refractivity contribution in [2.75, 3.05) is 13.2 Å². The third kappa shape index (κ3) is 8.33. The van der Waals surface area contributed by atoms with Gasteiger partial charge in [-0.05, 0) is 37.9 Å². The minimum atomic E-state index is -1.60. The van der Waals surface area contributed by atoms with Crippen molar-refractivity contribution in [3.05, 3.63) is 24.3 Å². The second kappa shape index (κ2) is 9.13. The topological polar surface area (TPSA) is 35.5 Å². The van der Waals surface area contributed by atoms with Gasteiger partial charge in [0.1, 0.15) is 0 Å². The third-order valence-electron chi connectivity index (χ3n) is 3.55. The Morgan fingerprint density at radius 3 is 2.40 bits per heavy atom. The molecule has 0 saturated carbocycles. The van der Waals surface area contributed by atoms with Crippen molar-refractivity contribution < 1.29 is 14.0 Å². The van der Waals surface area contributed by atoms with E-state index < -0.39 is 8.32 Å². The van der Waals surface area contributed by atoms with Gasteiger partial charge in [0.2, 0.25) is 0 Å². The first-order valence-electron chi connectivity index (χ1n) is 7.34. The van der Waals surface area contributed by atoms with E-state index in [0.29, 0.717) is 6.61 Å². The number of unbranched alkanes of at least 4 members (excludes halogenated alkanes) is 1. The van der Waals surface area contributed by atoms with E-state index in [2.05, 4.69) is 33.9 Å². The van der Waals surface area contributed by atoms with Crippen molar-refractivity contribution in [3.63, 3.8) is 0 Å². The monoisotopic (exact) mass is 298 g/mol. The number of hydrogen-bond acceptors (Lipinski definition) is 3. The molecule has 3 nitrogen and oxygen atoms in total. The highest BCUT2D eigenvalue weighted by atomic mass is 28.4. The summed E-state index contributed by atoms with van der Waals surface area (Å²) in [5.41, 5.74) is 0.